The highest BCUT2D eigenvalue weighted by molar-refractivity contribution is 7.22. The van der Waals surface area contributed by atoms with E-state index < -0.39 is 0 Å². The minimum atomic E-state index is -0.116. The number of thiazole rings is 1. The van der Waals surface area contributed by atoms with Crippen LogP contribution in [0.2, 0.25) is 0 Å². The van der Waals surface area contributed by atoms with Gasteiger partial charge in [-0.3, -0.25) is 9.69 Å². The molecule has 1 atom stereocenters. The number of fused-ring (bicyclic) bond motifs is 1. The number of benzene rings is 1. The molecule has 1 aliphatic rings. The van der Waals surface area contributed by atoms with Crippen LogP contribution in [0.1, 0.15) is 32.6 Å². The first-order valence-electron chi connectivity index (χ1n) is 8.17. The van der Waals surface area contributed by atoms with E-state index in [0.717, 1.165) is 29.1 Å². The number of anilines is 1. The van der Waals surface area contributed by atoms with Crippen molar-refractivity contribution in [1.82, 2.24) is 9.88 Å². The molecule has 1 aliphatic heterocycles. The average molecular weight is 333 g/mol. The van der Waals surface area contributed by atoms with Crippen molar-refractivity contribution in [3.8, 4) is 5.75 Å². The number of rotatable bonds is 4. The van der Waals surface area contributed by atoms with Gasteiger partial charge in [-0.15, -0.1) is 0 Å². The van der Waals surface area contributed by atoms with E-state index in [0.29, 0.717) is 5.13 Å². The summed E-state index contributed by atoms with van der Waals surface area (Å²) in [7, 11) is 1.65. The van der Waals surface area contributed by atoms with Crippen molar-refractivity contribution < 1.29 is 9.53 Å². The summed E-state index contributed by atoms with van der Waals surface area (Å²) < 4.78 is 6.24. The van der Waals surface area contributed by atoms with Gasteiger partial charge < -0.3 is 10.1 Å². The number of aromatic nitrogens is 1. The highest BCUT2D eigenvalue weighted by atomic mass is 32.1. The average Bonchev–Trinajstić information content (AvgIpc) is 2.77. The number of methoxy groups -OCH3 is 1. The van der Waals surface area contributed by atoms with Gasteiger partial charge in [0.1, 0.15) is 5.75 Å². The normalized spacial score (nSPS) is 17.7. The Morgan fingerprint density at radius 2 is 2.04 bits per heavy atom. The van der Waals surface area contributed by atoms with Gasteiger partial charge in [0.25, 0.3) is 0 Å². The van der Waals surface area contributed by atoms with Crippen LogP contribution in [0.5, 0.6) is 5.75 Å². The summed E-state index contributed by atoms with van der Waals surface area (Å²) in [4.78, 5) is 19.3. The molecule has 2 aromatic rings. The van der Waals surface area contributed by atoms with Crippen LogP contribution in [-0.2, 0) is 4.79 Å². The smallest absolute Gasteiger partial charge is 0.243 e. The third kappa shape index (κ3) is 3.82. The van der Waals surface area contributed by atoms with Crippen LogP contribution in [0.4, 0.5) is 5.13 Å². The monoisotopic (exact) mass is 333 g/mol. The molecule has 1 unspecified atom stereocenters. The van der Waals surface area contributed by atoms with Crippen LogP contribution in [0.3, 0.4) is 0 Å². The van der Waals surface area contributed by atoms with Gasteiger partial charge in [-0.1, -0.05) is 24.2 Å². The fraction of sp³-hybridized carbons (Fsp3) is 0.529. The number of nitrogens with zero attached hydrogens (tertiary/aromatic N) is 2. The molecule has 1 N–H and O–H groups in total. The molecule has 23 heavy (non-hydrogen) atoms. The van der Waals surface area contributed by atoms with Crippen molar-refractivity contribution in [2.24, 2.45) is 0 Å². The zero-order valence-electron chi connectivity index (χ0n) is 13.7. The molecule has 2 heterocycles. The molecular weight excluding hydrogens is 310 g/mol. The molecule has 1 aromatic carbocycles. The van der Waals surface area contributed by atoms with Crippen LogP contribution in [0.15, 0.2) is 18.2 Å². The van der Waals surface area contributed by atoms with Crippen molar-refractivity contribution >= 4 is 32.6 Å². The summed E-state index contributed by atoms with van der Waals surface area (Å²) in [6.07, 6.45) is 4.90. The Morgan fingerprint density at radius 1 is 1.30 bits per heavy atom. The summed E-state index contributed by atoms with van der Waals surface area (Å²) in [5.74, 6) is 0.829. The lowest BCUT2D eigenvalue weighted by Crippen LogP contribution is -2.42. The summed E-state index contributed by atoms with van der Waals surface area (Å²) in [6.45, 7) is 3.99. The van der Waals surface area contributed by atoms with E-state index in [4.69, 9.17) is 4.74 Å². The van der Waals surface area contributed by atoms with E-state index in [2.05, 4.69) is 15.2 Å². The van der Waals surface area contributed by atoms with E-state index in [9.17, 15) is 4.79 Å². The topological polar surface area (TPSA) is 54.5 Å². The Kier molecular flexibility index (Phi) is 5.13. The molecule has 0 radical (unpaired) electrons. The molecule has 1 amide bonds. The number of amides is 1. The SMILES string of the molecule is COc1ccc2nc(NC(=O)C(C)N3CCCCCC3)sc2c1. The van der Waals surface area contributed by atoms with Crippen molar-refractivity contribution in [3.05, 3.63) is 18.2 Å². The molecule has 0 aliphatic carbocycles. The standard InChI is InChI=1S/C17H23N3O2S/c1-12(20-9-5-3-4-6-10-20)16(21)19-17-18-14-8-7-13(22-2)11-15(14)23-17/h7-8,11-12H,3-6,9-10H2,1-2H3,(H,18,19,21). The third-order valence-corrected chi connectivity index (χ3v) is 5.33. The highest BCUT2D eigenvalue weighted by Crippen LogP contribution is 2.29. The van der Waals surface area contributed by atoms with E-state index in [1.807, 2.05) is 25.1 Å². The Labute approximate surface area is 140 Å². The van der Waals surface area contributed by atoms with Gasteiger partial charge in [0.05, 0.1) is 23.4 Å². The van der Waals surface area contributed by atoms with Crippen LogP contribution < -0.4 is 10.1 Å². The van der Waals surface area contributed by atoms with Crippen LogP contribution >= 0.6 is 11.3 Å². The second-order valence-corrected chi connectivity index (χ2v) is 7.00. The van der Waals surface area contributed by atoms with E-state index in [1.54, 1.807) is 7.11 Å². The fourth-order valence-corrected chi connectivity index (χ4v) is 3.84. The van der Waals surface area contributed by atoms with Gasteiger partial charge in [0.2, 0.25) is 5.91 Å². The summed E-state index contributed by atoms with van der Waals surface area (Å²) in [5.41, 5.74) is 0.883. The highest BCUT2D eigenvalue weighted by Gasteiger charge is 2.22. The minimum absolute atomic E-state index is 0.0259. The molecule has 124 valence electrons. The number of carbonyl (C=O) groups is 1. The molecule has 6 heteroatoms. The molecule has 1 saturated heterocycles. The van der Waals surface area contributed by atoms with Crippen molar-refractivity contribution in [2.45, 2.75) is 38.6 Å². The van der Waals surface area contributed by atoms with Gasteiger partial charge in [-0.2, -0.15) is 0 Å². The number of likely N-dealkylation sites (tertiary alicyclic amines) is 1. The predicted octanol–water partition coefficient (Wildman–Crippen LogP) is 3.51. The van der Waals surface area contributed by atoms with Crippen LogP contribution in [0.25, 0.3) is 10.2 Å². The van der Waals surface area contributed by atoms with Gasteiger partial charge >= 0.3 is 0 Å². The van der Waals surface area contributed by atoms with E-state index in [-0.39, 0.29) is 11.9 Å². The number of hydrogen-bond acceptors (Lipinski definition) is 5. The van der Waals surface area contributed by atoms with Gasteiger partial charge in [-0.05, 0) is 51.1 Å². The minimum Gasteiger partial charge on any atom is -0.497 e. The molecule has 1 aromatic heterocycles. The second kappa shape index (κ2) is 7.27. The maximum absolute atomic E-state index is 12.5. The predicted molar refractivity (Wildman–Crippen MR) is 94.3 cm³/mol. The molecular formula is C17H23N3O2S. The number of carbonyl (C=O) groups excluding carboxylic acids is 1. The lowest BCUT2D eigenvalue weighted by Gasteiger charge is -2.26. The Hall–Kier alpha value is -1.66. The van der Waals surface area contributed by atoms with Gasteiger partial charge in [0, 0.05) is 0 Å². The first-order chi connectivity index (χ1) is 11.2. The van der Waals surface area contributed by atoms with E-state index >= 15 is 0 Å². The van der Waals surface area contributed by atoms with Crippen molar-refractivity contribution in [1.29, 1.82) is 0 Å². The Balaban J connectivity index is 1.69. The summed E-state index contributed by atoms with van der Waals surface area (Å²) in [5, 5.41) is 3.63. The maximum Gasteiger partial charge on any atom is 0.243 e. The first kappa shape index (κ1) is 16.2. The molecule has 3 rings (SSSR count). The Morgan fingerprint density at radius 3 is 2.74 bits per heavy atom. The van der Waals surface area contributed by atoms with Gasteiger partial charge in [0.15, 0.2) is 5.13 Å². The fourth-order valence-electron chi connectivity index (χ4n) is 2.94. The van der Waals surface area contributed by atoms with E-state index in [1.165, 1.54) is 37.0 Å². The summed E-state index contributed by atoms with van der Waals surface area (Å²) in [6, 6.07) is 5.63. The largest absolute Gasteiger partial charge is 0.497 e. The Bertz CT molecular complexity index is 678. The van der Waals surface area contributed by atoms with Crippen LogP contribution in [0, 0.1) is 0 Å². The quantitative estimate of drug-likeness (QED) is 0.930. The number of nitrogens with one attached hydrogen (secondary N) is 1. The van der Waals surface area contributed by atoms with Crippen molar-refractivity contribution in [2.75, 3.05) is 25.5 Å². The number of ether oxygens (including phenoxy) is 1. The zero-order chi connectivity index (χ0) is 16.2. The molecule has 1 fully saturated rings. The van der Waals surface area contributed by atoms with Crippen molar-refractivity contribution in [3.63, 3.8) is 0 Å². The lowest BCUT2D eigenvalue weighted by atomic mass is 10.2. The maximum atomic E-state index is 12.5. The molecule has 5 nitrogen and oxygen atoms in total. The zero-order valence-corrected chi connectivity index (χ0v) is 14.5. The lowest BCUT2D eigenvalue weighted by molar-refractivity contribution is -0.120. The first-order valence-corrected chi connectivity index (χ1v) is 8.98. The molecule has 0 spiro atoms. The number of hydrogen-bond donors (Lipinski definition) is 1. The van der Waals surface area contributed by atoms with Gasteiger partial charge in [-0.25, -0.2) is 4.98 Å². The van der Waals surface area contributed by atoms with Crippen LogP contribution in [-0.4, -0.2) is 42.0 Å². The molecule has 0 saturated carbocycles. The summed E-state index contributed by atoms with van der Waals surface area (Å²) >= 11 is 1.48. The molecule has 0 bridgehead atoms. The third-order valence-electron chi connectivity index (χ3n) is 4.39. The second-order valence-electron chi connectivity index (χ2n) is 5.97.